The van der Waals surface area contributed by atoms with Gasteiger partial charge in [-0.1, -0.05) is 24.3 Å². The highest BCUT2D eigenvalue weighted by Crippen LogP contribution is 2.02. The average molecular weight is 233 g/mol. The predicted molar refractivity (Wildman–Crippen MR) is 57.6 cm³/mol. The molecule has 0 radical (unpaired) electrons. The van der Waals surface area contributed by atoms with Crippen molar-refractivity contribution >= 4 is 33.7 Å². The molecule has 0 unspecified atom stereocenters. The van der Waals surface area contributed by atoms with Gasteiger partial charge in [0.2, 0.25) is 0 Å². The molecule has 0 atom stereocenters. The molecule has 4 heteroatoms. The van der Waals surface area contributed by atoms with Crippen LogP contribution in [0.2, 0.25) is 0 Å². The van der Waals surface area contributed by atoms with E-state index in [0.29, 0.717) is 0 Å². The van der Waals surface area contributed by atoms with Crippen LogP contribution in [0.15, 0.2) is 24.3 Å². The number of carbonyl (C=O) groups is 2. The molecule has 2 nitrogen and oxygen atoms in total. The van der Waals surface area contributed by atoms with Gasteiger partial charge in [0.25, 0.3) is 0 Å². The van der Waals surface area contributed by atoms with Gasteiger partial charge in [0.15, 0.2) is 0 Å². The summed E-state index contributed by atoms with van der Waals surface area (Å²) in [5, 5.41) is -2.28. The summed E-state index contributed by atoms with van der Waals surface area (Å²) in [5.41, 5.74) is 2.74. The van der Waals surface area contributed by atoms with Crippen LogP contribution < -0.4 is 0 Å². The Morgan fingerprint density at radius 2 is 1.21 bits per heavy atom. The summed E-state index contributed by atoms with van der Waals surface area (Å²) in [7, 11) is 0. The lowest BCUT2D eigenvalue weighted by Crippen LogP contribution is -1.94. The van der Waals surface area contributed by atoms with E-state index in [1.165, 1.54) is 11.1 Å². The van der Waals surface area contributed by atoms with Crippen molar-refractivity contribution in [2.75, 3.05) is 0 Å². The Morgan fingerprint density at radius 3 is 1.36 bits per heavy atom. The highest BCUT2D eigenvalue weighted by Gasteiger charge is 2.01. The molecule has 0 saturated heterocycles. The summed E-state index contributed by atoms with van der Waals surface area (Å²) >= 11 is 8.98. The van der Waals surface area contributed by atoms with E-state index in [1.54, 1.807) is 0 Å². The van der Waals surface area contributed by atoms with Crippen LogP contribution >= 0.6 is 23.2 Å². The minimum atomic E-state index is -1.14. The average Bonchev–Trinajstić information content (AvgIpc) is 2.11. The molecule has 0 aromatic heterocycles. The van der Waals surface area contributed by atoms with E-state index in [0.717, 1.165) is 0 Å². The minimum Gasteiger partial charge on any atom is -0.271 e. The van der Waals surface area contributed by atoms with Gasteiger partial charge in [-0.15, -0.1) is 0 Å². The lowest BCUT2D eigenvalue weighted by molar-refractivity contribution is -0.127. The maximum atomic E-state index is 9.43. The second kappa shape index (κ2) is 6.57. The predicted octanol–water partition coefficient (Wildman–Crippen LogP) is 2.82. The molecule has 0 fully saturated rings. The first-order valence-electron chi connectivity index (χ1n) is 3.86. The highest BCUT2D eigenvalue weighted by molar-refractivity contribution is 6.97. The molecule has 0 bridgehead atoms. The molecule has 0 amide bonds. The fraction of sp³-hybridized carbons (Fsp3) is 0.200. The first-order valence-corrected chi connectivity index (χ1v) is 4.62. The van der Waals surface area contributed by atoms with Crippen LogP contribution in [0.25, 0.3) is 0 Å². The molecular weight excluding hydrogens is 223 g/mol. The van der Waals surface area contributed by atoms with E-state index < -0.39 is 10.5 Å². The van der Waals surface area contributed by atoms with Gasteiger partial charge in [0.05, 0.1) is 0 Å². The lowest BCUT2D eigenvalue weighted by Gasteiger charge is -1.93. The van der Waals surface area contributed by atoms with Gasteiger partial charge < -0.3 is 0 Å². The number of halogens is 2. The van der Waals surface area contributed by atoms with Crippen molar-refractivity contribution < 1.29 is 9.59 Å². The van der Waals surface area contributed by atoms with Gasteiger partial charge in [-0.25, -0.2) is 0 Å². The zero-order chi connectivity index (χ0) is 11.1. The summed E-state index contributed by atoms with van der Waals surface area (Å²) in [4.78, 5) is 18.9. The Hall–Kier alpha value is -0.860. The van der Waals surface area contributed by atoms with E-state index >= 15 is 0 Å². The Kier molecular flexibility index (Phi) is 6.17. The van der Waals surface area contributed by atoms with Crippen LogP contribution in [0, 0.1) is 13.8 Å². The van der Waals surface area contributed by atoms with Gasteiger partial charge in [0, 0.05) is 0 Å². The molecule has 0 spiro atoms. The van der Waals surface area contributed by atoms with E-state index in [9.17, 15) is 9.59 Å². The standard InChI is InChI=1S/C8H10.C2Cl2O2/c1-7-5-3-4-6-8(7)2;3-1(5)2(4)6/h3-6H,1-2H3;. The van der Waals surface area contributed by atoms with Gasteiger partial charge in [-0.2, -0.15) is 0 Å². The summed E-state index contributed by atoms with van der Waals surface area (Å²) in [6, 6.07) is 8.36. The molecule has 1 rings (SSSR count). The van der Waals surface area contributed by atoms with Crippen LogP contribution in [0.1, 0.15) is 11.1 Å². The van der Waals surface area contributed by atoms with Crippen LogP contribution in [0.4, 0.5) is 0 Å². The van der Waals surface area contributed by atoms with Crippen molar-refractivity contribution in [1.82, 2.24) is 0 Å². The van der Waals surface area contributed by atoms with Crippen LogP contribution in [-0.2, 0) is 9.59 Å². The number of hydrogen-bond donors (Lipinski definition) is 0. The summed E-state index contributed by atoms with van der Waals surface area (Å²) < 4.78 is 0. The SMILES string of the molecule is Cc1ccccc1C.O=C(Cl)C(=O)Cl. The lowest BCUT2D eigenvalue weighted by atomic mass is 10.1. The second-order valence-corrected chi connectivity index (χ2v) is 3.32. The topological polar surface area (TPSA) is 34.1 Å². The van der Waals surface area contributed by atoms with E-state index in [4.69, 9.17) is 0 Å². The number of hydrogen-bond acceptors (Lipinski definition) is 2. The van der Waals surface area contributed by atoms with Gasteiger partial charge in [-0.05, 0) is 48.2 Å². The maximum absolute atomic E-state index is 9.43. The third-order valence-electron chi connectivity index (χ3n) is 1.58. The molecule has 0 aliphatic rings. The first kappa shape index (κ1) is 13.1. The molecule has 0 N–H and O–H groups in total. The monoisotopic (exact) mass is 232 g/mol. The second-order valence-electron chi connectivity index (χ2n) is 2.63. The molecular formula is C10H10Cl2O2. The zero-order valence-electron chi connectivity index (χ0n) is 7.88. The summed E-state index contributed by atoms with van der Waals surface area (Å²) in [6.07, 6.45) is 0. The largest absolute Gasteiger partial charge is 0.304 e. The van der Waals surface area contributed by atoms with Crippen LogP contribution in [0.5, 0.6) is 0 Å². The number of aryl methyl sites for hydroxylation is 2. The van der Waals surface area contributed by atoms with Crippen LogP contribution in [-0.4, -0.2) is 10.5 Å². The molecule has 1 aromatic rings. The van der Waals surface area contributed by atoms with Gasteiger partial charge in [0.1, 0.15) is 0 Å². The molecule has 0 saturated carbocycles. The number of rotatable bonds is 1. The normalized spacial score (nSPS) is 8.57. The molecule has 0 aliphatic heterocycles. The summed E-state index contributed by atoms with van der Waals surface area (Å²) in [5.74, 6) is 0. The third kappa shape index (κ3) is 5.73. The van der Waals surface area contributed by atoms with Gasteiger partial charge >= 0.3 is 10.5 Å². The Bertz CT molecular complexity index is 302. The Morgan fingerprint density at radius 1 is 0.929 bits per heavy atom. The van der Waals surface area contributed by atoms with Crippen molar-refractivity contribution in [2.45, 2.75) is 13.8 Å². The van der Waals surface area contributed by atoms with Crippen molar-refractivity contribution in [3.05, 3.63) is 35.4 Å². The first-order chi connectivity index (χ1) is 6.45. The smallest absolute Gasteiger partial charge is 0.271 e. The minimum absolute atomic E-state index is 1.14. The molecule has 1 aromatic carbocycles. The maximum Gasteiger partial charge on any atom is 0.304 e. The van der Waals surface area contributed by atoms with E-state index in [2.05, 4.69) is 61.3 Å². The number of benzene rings is 1. The van der Waals surface area contributed by atoms with Crippen molar-refractivity contribution in [2.24, 2.45) is 0 Å². The van der Waals surface area contributed by atoms with E-state index in [-0.39, 0.29) is 0 Å². The molecule has 0 aliphatic carbocycles. The van der Waals surface area contributed by atoms with E-state index in [1.807, 2.05) is 0 Å². The molecule has 14 heavy (non-hydrogen) atoms. The number of carbonyl (C=O) groups excluding carboxylic acids is 2. The quantitative estimate of drug-likeness (QED) is 0.552. The van der Waals surface area contributed by atoms with Crippen molar-refractivity contribution in [3.63, 3.8) is 0 Å². The Balaban J connectivity index is 0.000000255. The highest BCUT2D eigenvalue weighted by atomic mass is 35.5. The molecule has 76 valence electrons. The Labute approximate surface area is 92.8 Å². The molecule has 0 heterocycles. The van der Waals surface area contributed by atoms with Crippen LogP contribution in [0.3, 0.4) is 0 Å². The van der Waals surface area contributed by atoms with Crippen molar-refractivity contribution in [3.8, 4) is 0 Å². The zero-order valence-corrected chi connectivity index (χ0v) is 9.39. The third-order valence-corrected chi connectivity index (χ3v) is 2.02. The fourth-order valence-corrected chi connectivity index (χ4v) is 0.663. The fourth-order valence-electron chi connectivity index (χ4n) is 0.663. The van der Waals surface area contributed by atoms with Gasteiger partial charge in [-0.3, -0.25) is 9.59 Å². The van der Waals surface area contributed by atoms with Crippen molar-refractivity contribution in [1.29, 1.82) is 0 Å². The summed E-state index contributed by atoms with van der Waals surface area (Å²) in [6.45, 7) is 4.24.